The molecule has 0 amide bonds. The Hall–Kier alpha value is -2.58. The second-order valence-corrected chi connectivity index (χ2v) is 5.54. The van der Waals surface area contributed by atoms with Gasteiger partial charge in [-0.2, -0.15) is 5.26 Å². The molecule has 1 aliphatic heterocycles. The molecular formula is C17H17N3O2. The van der Waals surface area contributed by atoms with Gasteiger partial charge in [-0.15, -0.1) is 0 Å². The first kappa shape index (κ1) is 14.4. The quantitative estimate of drug-likeness (QED) is 0.880. The number of anilines is 1. The largest absolute Gasteiger partial charge is 0.481 e. The molecule has 2 heterocycles. The molecule has 1 aromatic heterocycles. The first-order chi connectivity index (χ1) is 10.6. The Kier molecular flexibility index (Phi) is 3.47. The van der Waals surface area contributed by atoms with Crippen molar-refractivity contribution in [3.63, 3.8) is 0 Å². The van der Waals surface area contributed by atoms with Gasteiger partial charge in [-0.05, 0) is 36.2 Å². The van der Waals surface area contributed by atoms with Gasteiger partial charge in [0, 0.05) is 23.0 Å². The van der Waals surface area contributed by atoms with Crippen LogP contribution in [0.5, 0.6) is 5.88 Å². The fourth-order valence-corrected chi connectivity index (χ4v) is 2.64. The van der Waals surface area contributed by atoms with Crippen LogP contribution in [0, 0.1) is 18.3 Å². The number of pyridine rings is 1. The van der Waals surface area contributed by atoms with E-state index in [1.807, 2.05) is 31.2 Å². The molecule has 1 aliphatic rings. The van der Waals surface area contributed by atoms with Crippen LogP contribution >= 0.6 is 0 Å². The summed E-state index contributed by atoms with van der Waals surface area (Å²) in [5, 5.41) is 9.54. The standard InChI is InChI=1S/C17H17N3O2/c1-11-3-4-13(19)6-14(11)12-5-15(16(21-2)20-7-12)17(8-18)9-22-10-17/h3-7H,9-10,19H2,1-2H3. The number of nitrogens with two attached hydrogens (primary N) is 1. The maximum atomic E-state index is 9.54. The van der Waals surface area contributed by atoms with Gasteiger partial charge >= 0.3 is 0 Å². The molecule has 0 saturated carbocycles. The van der Waals surface area contributed by atoms with E-state index in [1.165, 1.54) is 0 Å². The number of nitrogen functional groups attached to an aromatic ring is 1. The molecule has 5 nitrogen and oxygen atoms in total. The average Bonchev–Trinajstić information content (AvgIpc) is 2.49. The number of hydrogen-bond acceptors (Lipinski definition) is 5. The lowest BCUT2D eigenvalue weighted by Crippen LogP contribution is -2.45. The van der Waals surface area contributed by atoms with E-state index in [0.29, 0.717) is 24.8 Å². The molecule has 0 aliphatic carbocycles. The van der Waals surface area contributed by atoms with Gasteiger partial charge in [0.15, 0.2) is 0 Å². The summed E-state index contributed by atoms with van der Waals surface area (Å²) >= 11 is 0. The normalized spacial score (nSPS) is 15.7. The van der Waals surface area contributed by atoms with E-state index in [-0.39, 0.29) is 0 Å². The Morgan fingerprint density at radius 1 is 1.36 bits per heavy atom. The van der Waals surface area contributed by atoms with E-state index in [1.54, 1.807) is 13.3 Å². The third-order valence-corrected chi connectivity index (χ3v) is 4.04. The van der Waals surface area contributed by atoms with Crippen LogP contribution in [0.25, 0.3) is 11.1 Å². The van der Waals surface area contributed by atoms with E-state index < -0.39 is 5.41 Å². The molecule has 3 rings (SSSR count). The Morgan fingerprint density at radius 2 is 2.14 bits per heavy atom. The van der Waals surface area contributed by atoms with Gasteiger partial charge < -0.3 is 15.2 Å². The summed E-state index contributed by atoms with van der Waals surface area (Å²) in [6.07, 6.45) is 1.74. The topological polar surface area (TPSA) is 81.2 Å². The van der Waals surface area contributed by atoms with Crippen molar-refractivity contribution in [1.29, 1.82) is 5.26 Å². The van der Waals surface area contributed by atoms with Crippen LogP contribution in [0.4, 0.5) is 5.69 Å². The fourth-order valence-electron chi connectivity index (χ4n) is 2.64. The summed E-state index contributed by atoms with van der Waals surface area (Å²) in [6, 6.07) is 10.1. The predicted octanol–water partition coefficient (Wildman–Crippen LogP) is 2.44. The summed E-state index contributed by atoms with van der Waals surface area (Å²) < 4.78 is 10.6. The minimum Gasteiger partial charge on any atom is -0.481 e. The Balaban J connectivity index is 2.16. The molecule has 0 bridgehead atoms. The van der Waals surface area contributed by atoms with Crippen molar-refractivity contribution in [2.45, 2.75) is 12.3 Å². The highest BCUT2D eigenvalue weighted by molar-refractivity contribution is 5.71. The van der Waals surface area contributed by atoms with Gasteiger partial charge in [0.2, 0.25) is 5.88 Å². The maximum Gasteiger partial charge on any atom is 0.218 e. The number of ether oxygens (including phenoxy) is 2. The minimum absolute atomic E-state index is 0.362. The van der Waals surface area contributed by atoms with Crippen molar-refractivity contribution in [2.24, 2.45) is 0 Å². The highest BCUT2D eigenvalue weighted by Gasteiger charge is 2.43. The molecule has 1 aromatic carbocycles. The minimum atomic E-state index is -0.678. The average molecular weight is 295 g/mol. The Labute approximate surface area is 129 Å². The van der Waals surface area contributed by atoms with Gasteiger partial charge in [0.1, 0.15) is 5.41 Å². The van der Waals surface area contributed by atoms with Crippen molar-refractivity contribution < 1.29 is 9.47 Å². The molecule has 5 heteroatoms. The van der Waals surface area contributed by atoms with Crippen LogP contribution in [0.2, 0.25) is 0 Å². The van der Waals surface area contributed by atoms with Gasteiger partial charge in [0.05, 0.1) is 26.4 Å². The van der Waals surface area contributed by atoms with Crippen LogP contribution < -0.4 is 10.5 Å². The maximum absolute atomic E-state index is 9.54. The zero-order valence-corrected chi connectivity index (χ0v) is 12.6. The highest BCUT2D eigenvalue weighted by atomic mass is 16.5. The Bertz CT molecular complexity index is 761. The second-order valence-electron chi connectivity index (χ2n) is 5.54. The summed E-state index contributed by atoms with van der Waals surface area (Å²) in [5.74, 6) is 0.468. The van der Waals surface area contributed by atoms with Gasteiger partial charge in [-0.25, -0.2) is 4.98 Å². The van der Waals surface area contributed by atoms with Crippen LogP contribution in [0.15, 0.2) is 30.5 Å². The number of nitriles is 1. The van der Waals surface area contributed by atoms with Gasteiger partial charge in [-0.3, -0.25) is 0 Å². The zero-order chi connectivity index (χ0) is 15.7. The lowest BCUT2D eigenvalue weighted by Gasteiger charge is -2.36. The number of rotatable bonds is 3. The van der Waals surface area contributed by atoms with Gasteiger partial charge in [-0.1, -0.05) is 6.07 Å². The first-order valence-corrected chi connectivity index (χ1v) is 6.99. The molecule has 1 fully saturated rings. The van der Waals surface area contributed by atoms with E-state index in [0.717, 1.165) is 22.3 Å². The number of methoxy groups -OCH3 is 1. The van der Waals surface area contributed by atoms with E-state index >= 15 is 0 Å². The molecular weight excluding hydrogens is 278 g/mol. The van der Waals surface area contributed by atoms with Crippen molar-refractivity contribution in [2.75, 3.05) is 26.1 Å². The van der Waals surface area contributed by atoms with E-state index in [9.17, 15) is 5.26 Å². The molecule has 112 valence electrons. The lowest BCUT2D eigenvalue weighted by molar-refractivity contribution is -0.0309. The van der Waals surface area contributed by atoms with Gasteiger partial charge in [0.25, 0.3) is 0 Å². The second kappa shape index (κ2) is 5.32. The molecule has 2 N–H and O–H groups in total. The van der Waals surface area contributed by atoms with Crippen LogP contribution in [-0.2, 0) is 10.2 Å². The van der Waals surface area contributed by atoms with Crippen LogP contribution in [0.1, 0.15) is 11.1 Å². The van der Waals surface area contributed by atoms with E-state index in [2.05, 4.69) is 11.1 Å². The lowest BCUT2D eigenvalue weighted by atomic mass is 9.79. The van der Waals surface area contributed by atoms with Crippen molar-refractivity contribution in [1.82, 2.24) is 4.98 Å². The fraction of sp³-hybridized carbons (Fsp3) is 0.294. The monoisotopic (exact) mass is 295 g/mol. The third-order valence-electron chi connectivity index (χ3n) is 4.04. The number of hydrogen-bond donors (Lipinski definition) is 1. The smallest absolute Gasteiger partial charge is 0.218 e. The molecule has 0 unspecified atom stereocenters. The molecule has 22 heavy (non-hydrogen) atoms. The highest BCUT2D eigenvalue weighted by Crippen LogP contribution is 2.39. The zero-order valence-electron chi connectivity index (χ0n) is 12.6. The van der Waals surface area contributed by atoms with Crippen molar-refractivity contribution in [3.05, 3.63) is 41.6 Å². The van der Waals surface area contributed by atoms with E-state index in [4.69, 9.17) is 15.2 Å². The molecule has 0 radical (unpaired) electrons. The Morgan fingerprint density at radius 3 is 2.73 bits per heavy atom. The molecule has 2 aromatic rings. The summed E-state index contributed by atoms with van der Waals surface area (Å²) in [4.78, 5) is 4.37. The van der Waals surface area contributed by atoms with Crippen molar-refractivity contribution >= 4 is 5.69 Å². The number of nitrogens with zero attached hydrogens (tertiary/aromatic N) is 2. The molecule has 0 spiro atoms. The summed E-state index contributed by atoms with van der Waals surface area (Å²) in [5.41, 5.74) is 9.70. The summed E-state index contributed by atoms with van der Waals surface area (Å²) in [6.45, 7) is 2.74. The summed E-state index contributed by atoms with van der Waals surface area (Å²) in [7, 11) is 1.56. The SMILES string of the molecule is COc1ncc(-c2cc(N)ccc2C)cc1C1(C#N)COC1. The van der Waals surface area contributed by atoms with Crippen molar-refractivity contribution in [3.8, 4) is 23.1 Å². The predicted molar refractivity (Wildman–Crippen MR) is 83.5 cm³/mol. The molecule has 1 saturated heterocycles. The number of benzene rings is 1. The third kappa shape index (κ3) is 2.18. The number of aromatic nitrogens is 1. The van der Waals surface area contributed by atoms with Crippen LogP contribution in [-0.4, -0.2) is 25.3 Å². The van der Waals surface area contributed by atoms with Crippen LogP contribution in [0.3, 0.4) is 0 Å². The molecule has 0 atom stereocenters. The number of aryl methyl sites for hydroxylation is 1. The first-order valence-electron chi connectivity index (χ1n) is 6.99.